The highest BCUT2D eigenvalue weighted by atomic mass is 32.2. The monoisotopic (exact) mass is 371 g/mol. The van der Waals surface area contributed by atoms with Crippen molar-refractivity contribution in [1.29, 1.82) is 0 Å². The van der Waals surface area contributed by atoms with Gasteiger partial charge in [0.15, 0.2) is 11.0 Å². The van der Waals surface area contributed by atoms with Gasteiger partial charge in [-0.25, -0.2) is 0 Å². The van der Waals surface area contributed by atoms with Crippen LogP contribution in [0.3, 0.4) is 0 Å². The van der Waals surface area contributed by atoms with E-state index in [9.17, 15) is 4.79 Å². The number of aromatic nitrogens is 3. The zero-order valence-electron chi connectivity index (χ0n) is 15.0. The molecule has 0 bridgehead atoms. The molecular formula is C19H21N3O3S. The first-order valence-corrected chi connectivity index (χ1v) is 9.29. The highest BCUT2D eigenvalue weighted by Crippen LogP contribution is 2.27. The van der Waals surface area contributed by atoms with Gasteiger partial charge in [-0.05, 0) is 25.3 Å². The van der Waals surface area contributed by atoms with Gasteiger partial charge in [0.2, 0.25) is 0 Å². The summed E-state index contributed by atoms with van der Waals surface area (Å²) < 4.78 is 12.7. The van der Waals surface area contributed by atoms with Gasteiger partial charge >= 0.3 is 5.97 Å². The Bertz CT molecular complexity index is 905. The lowest BCUT2D eigenvalue weighted by atomic mass is 10.1. The maximum Gasteiger partial charge on any atom is 0.318 e. The van der Waals surface area contributed by atoms with Crippen molar-refractivity contribution >= 4 is 28.5 Å². The van der Waals surface area contributed by atoms with Crippen molar-refractivity contribution < 1.29 is 14.3 Å². The topological polar surface area (TPSA) is 66.2 Å². The molecule has 3 rings (SSSR count). The number of hydrogen-bond donors (Lipinski definition) is 0. The number of fused-ring (bicyclic) bond motifs is 1. The molecule has 1 aromatic heterocycles. The van der Waals surface area contributed by atoms with Crippen molar-refractivity contribution in [2.45, 2.75) is 37.4 Å². The van der Waals surface area contributed by atoms with Gasteiger partial charge in [0.25, 0.3) is 0 Å². The third-order valence-corrected chi connectivity index (χ3v) is 5.09. The molecule has 6 nitrogen and oxygen atoms in total. The van der Waals surface area contributed by atoms with E-state index < -0.39 is 0 Å². The van der Waals surface area contributed by atoms with Crippen molar-refractivity contribution in [3.63, 3.8) is 0 Å². The molecule has 1 unspecified atom stereocenters. The van der Waals surface area contributed by atoms with Gasteiger partial charge in [-0.15, -0.1) is 10.2 Å². The van der Waals surface area contributed by atoms with Crippen molar-refractivity contribution in [2.75, 3.05) is 7.11 Å². The second-order valence-corrected chi connectivity index (χ2v) is 7.00. The molecule has 0 fully saturated rings. The fourth-order valence-electron chi connectivity index (χ4n) is 2.67. The molecule has 0 N–H and O–H groups in total. The van der Waals surface area contributed by atoms with Crippen LogP contribution in [0.2, 0.25) is 0 Å². The number of thioether (sulfide) groups is 1. The molecule has 0 spiro atoms. The van der Waals surface area contributed by atoms with Gasteiger partial charge in [0.05, 0.1) is 7.11 Å². The summed E-state index contributed by atoms with van der Waals surface area (Å²) in [6, 6.07) is 14.1. The highest BCUT2D eigenvalue weighted by Gasteiger charge is 2.20. The van der Waals surface area contributed by atoms with E-state index in [0.29, 0.717) is 18.3 Å². The summed E-state index contributed by atoms with van der Waals surface area (Å²) in [7, 11) is 1.38. The van der Waals surface area contributed by atoms with Crippen LogP contribution in [-0.2, 0) is 22.7 Å². The van der Waals surface area contributed by atoms with Gasteiger partial charge in [-0.2, -0.15) is 0 Å². The van der Waals surface area contributed by atoms with Crippen LogP contribution in [-0.4, -0.2) is 33.1 Å². The average Bonchev–Trinajstić information content (AvgIpc) is 3.06. The summed E-state index contributed by atoms with van der Waals surface area (Å²) in [5.74, 6) is 1.25. The van der Waals surface area contributed by atoms with E-state index in [1.54, 1.807) is 6.92 Å². The Balaban J connectivity index is 1.77. The molecule has 0 amide bonds. The molecular weight excluding hydrogens is 350 g/mol. The lowest BCUT2D eigenvalue weighted by Gasteiger charge is -2.12. The Hall–Kier alpha value is -2.54. The minimum atomic E-state index is -0.346. The fourth-order valence-corrected chi connectivity index (χ4v) is 3.63. The van der Waals surface area contributed by atoms with E-state index in [1.807, 2.05) is 41.8 Å². The minimum absolute atomic E-state index is 0.283. The van der Waals surface area contributed by atoms with Crippen LogP contribution >= 0.6 is 11.8 Å². The molecule has 3 aromatic rings. The number of carbonyl (C=O) groups is 1. The fraction of sp³-hybridized carbons (Fsp3) is 0.316. The van der Waals surface area contributed by atoms with Gasteiger partial charge in [-0.3, -0.25) is 4.79 Å². The Morgan fingerprint density at radius 1 is 1.19 bits per heavy atom. The van der Waals surface area contributed by atoms with Crippen LogP contribution in [0.5, 0.6) is 5.75 Å². The minimum Gasteiger partial charge on any atom is -0.485 e. The number of carbonyl (C=O) groups excluding carboxylic acids is 1. The number of esters is 1. The number of nitrogens with zero attached hydrogens (tertiary/aromatic N) is 3. The number of rotatable bonds is 7. The van der Waals surface area contributed by atoms with Crippen molar-refractivity contribution in [3.8, 4) is 5.75 Å². The van der Waals surface area contributed by atoms with Crippen LogP contribution in [0.15, 0.2) is 47.6 Å². The molecule has 7 heteroatoms. The van der Waals surface area contributed by atoms with E-state index >= 15 is 0 Å². The Morgan fingerprint density at radius 2 is 1.96 bits per heavy atom. The molecule has 26 heavy (non-hydrogen) atoms. The van der Waals surface area contributed by atoms with Crippen molar-refractivity contribution in [1.82, 2.24) is 14.8 Å². The summed E-state index contributed by atoms with van der Waals surface area (Å²) in [4.78, 5) is 11.6. The zero-order valence-corrected chi connectivity index (χ0v) is 15.8. The molecule has 0 aliphatic rings. The summed E-state index contributed by atoms with van der Waals surface area (Å²) in [6.45, 7) is 4.80. The molecule has 0 aliphatic carbocycles. The molecule has 0 aliphatic heterocycles. The largest absolute Gasteiger partial charge is 0.485 e. The first kappa shape index (κ1) is 18.3. The highest BCUT2D eigenvalue weighted by molar-refractivity contribution is 8.00. The SMILES string of the molecule is CCn1c(COc2cccc3ccccc23)nnc1SC(C)C(=O)OC. The standard InChI is InChI=1S/C19H21N3O3S/c1-4-22-17(20-21-19(22)26-13(2)18(23)24-3)12-25-16-11-7-9-14-8-5-6-10-15(14)16/h5-11,13H,4,12H2,1-3H3. The quantitative estimate of drug-likeness (QED) is 0.466. The molecule has 0 saturated carbocycles. The maximum absolute atomic E-state index is 11.6. The van der Waals surface area contributed by atoms with Gasteiger partial charge in [-0.1, -0.05) is 48.2 Å². The summed E-state index contributed by atoms with van der Waals surface area (Å²) in [5.41, 5.74) is 0. The zero-order chi connectivity index (χ0) is 18.5. The van der Waals surface area contributed by atoms with E-state index in [-0.39, 0.29) is 11.2 Å². The number of ether oxygens (including phenoxy) is 2. The smallest absolute Gasteiger partial charge is 0.318 e. The third kappa shape index (κ3) is 3.83. The first-order valence-electron chi connectivity index (χ1n) is 8.41. The van der Waals surface area contributed by atoms with Crippen LogP contribution < -0.4 is 4.74 Å². The van der Waals surface area contributed by atoms with Gasteiger partial charge < -0.3 is 14.0 Å². The van der Waals surface area contributed by atoms with Crippen LogP contribution in [0.4, 0.5) is 0 Å². The summed E-state index contributed by atoms with van der Waals surface area (Å²) in [5, 5.41) is 11.0. The Morgan fingerprint density at radius 3 is 2.73 bits per heavy atom. The summed E-state index contributed by atoms with van der Waals surface area (Å²) >= 11 is 1.33. The Labute approximate surface area is 156 Å². The van der Waals surface area contributed by atoms with Crippen molar-refractivity contribution in [2.24, 2.45) is 0 Å². The van der Waals surface area contributed by atoms with Gasteiger partial charge in [0, 0.05) is 11.9 Å². The molecule has 2 aromatic carbocycles. The molecule has 0 saturated heterocycles. The number of hydrogen-bond acceptors (Lipinski definition) is 6. The van der Waals surface area contributed by atoms with Crippen LogP contribution in [0.25, 0.3) is 10.8 Å². The predicted octanol–water partition coefficient (Wildman–Crippen LogP) is 3.68. The second kappa shape index (κ2) is 8.23. The Kier molecular flexibility index (Phi) is 5.78. The summed E-state index contributed by atoms with van der Waals surface area (Å²) in [6.07, 6.45) is 0. The predicted molar refractivity (Wildman–Crippen MR) is 101 cm³/mol. The normalized spacial score (nSPS) is 12.1. The lowest BCUT2D eigenvalue weighted by Crippen LogP contribution is -2.16. The molecule has 136 valence electrons. The maximum atomic E-state index is 11.6. The van der Waals surface area contributed by atoms with E-state index in [0.717, 1.165) is 22.3 Å². The molecule has 1 heterocycles. The van der Waals surface area contributed by atoms with E-state index in [1.165, 1.54) is 18.9 Å². The van der Waals surface area contributed by atoms with Crippen LogP contribution in [0.1, 0.15) is 19.7 Å². The van der Waals surface area contributed by atoms with E-state index in [2.05, 4.69) is 22.3 Å². The molecule has 0 radical (unpaired) electrons. The molecule has 1 atom stereocenters. The number of benzene rings is 2. The lowest BCUT2D eigenvalue weighted by molar-refractivity contribution is -0.139. The van der Waals surface area contributed by atoms with Crippen LogP contribution in [0, 0.1) is 0 Å². The van der Waals surface area contributed by atoms with E-state index in [4.69, 9.17) is 9.47 Å². The average molecular weight is 371 g/mol. The third-order valence-electron chi connectivity index (χ3n) is 4.03. The van der Waals surface area contributed by atoms with Gasteiger partial charge in [0.1, 0.15) is 17.6 Å². The second-order valence-electron chi connectivity index (χ2n) is 5.69. The first-order chi connectivity index (χ1) is 12.6. The van der Waals surface area contributed by atoms with Crippen molar-refractivity contribution in [3.05, 3.63) is 48.3 Å². The number of methoxy groups -OCH3 is 1.